The number of ketones is 1. The minimum Gasteiger partial charge on any atom is -0.497 e. The van der Waals surface area contributed by atoms with Crippen LogP contribution >= 0.6 is 0 Å². The number of hydrogen-bond donors (Lipinski definition) is 0. The van der Waals surface area contributed by atoms with Crippen LogP contribution in [0.5, 0.6) is 17.2 Å². The van der Waals surface area contributed by atoms with Crippen molar-refractivity contribution in [1.29, 1.82) is 0 Å². The molecule has 0 aromatic heterocycles. The zero-order valence-corrected chi connectivity index (χ0v) is 15.9. The number of carbonyl (C=O) groups is 1. The lowest BCUT2D eigenvalue weighted by molar-refractivity contribution is 0.104. The zero-order chi connectivity index (χ0) is 19.8. The van der Waals surface area contributed by atoms with Gasteiger partial charge in [-0.25, -0.2) is 0 Å². The molecule has 3 aromatic rings. The number of benzene rings is 3. The van der Waals surface area contributed by atoms with Crippen molar-refractivity contribution in [3.63, 3.8) is 0 Å². The lowest BCUT2D eigenvalue weighted by Crippen LogP contribution is -2.02. The molecule has 0 amide bonds. The van der Waals surface area contributed by atoms with E-state index in [0.29, 0.717) is 29.4 Å². The lowest BCUT2D eigenvalue weighted by atomic mass is 10.1. The van der Waals surface area contributed by atoms with E-state index in [2.05, 4.69) is 0 Å². The van der Waals surface area contributed by atoms with E-state index < -0.39 is 0 Å². The van der Waals surface area contributed by atoms with Gasteiger partial charge in [-0.1, -0.05) is 42.5 Å². The van der Waals surface area contributed by atoms with Crippen LogP contribution in [0.15, 0.2) is 78.9 Å². The van der Waals surface area contributed by atoms with Gasteiger partial charge in [-0.05, 0) is 42.0 Å². The summed E-state index contributed by atoms with van der Waals surface area (Å²) in [6.45, 7) is 0.404. The van der Waals surface area contributed by atoms with Crippen LogP contribution in [0.25, 0.3) is 6.08 Å². The maximum atomic E-state index is 12.7. The Morgan fingerprint density at radius 2 is 1.61 bits per heavy atom. The standard InChI is InChI=1S/C24H22O4/c1-26-20-14-12-19(24(16-20)27-2)13-15-22(25)21-10-6-7-11-23(21)28-17-18-8-4-3-5-9-18/h3-16H,17H2,1-2H3/b15-13+. The van der Waals surface area contributed by atoms with Gasteiger partial charge in [-0.2, -0.15) is 0 Å². The van der Waals surface area contributed by atoms with E-state index in [0.717, 1.165) is 11.1 Å². The molecule has 0 saturated carbocycles. The number of rotatable bonds is 8. The Hall–Kier alpha value is -3.53. The van der Waals surface area contributed by atoms with Crippen LogP contribution in [0, 0.1) is 0 Å². The lowest BCUT2D eigenvalue weighted by Gasteiger charge is -2.10. The molecule has 0 saturated heterocycles. The number of para-hydroxylation sites is 1. The summed E-state index contributed by atoms with van der Waals surface area (Å²) in [5.41, 5.74) is 2.35. The molecule has 0 aliphatic rings. The van der Waals surface area contributed by atoms with Crippen molar-refractivity contribution in [3.8, 4) is 17.2 Å². The second kappa shape index (κ2) is 9.42. The molecular weight excluding hydrogens is 352 g/mol. The molecule has 0 heterocycles. The molecular formula is C24H22O4. The van der Waals surface area contributed by atoms with Gasteiger partial charge in [0.05, 0.1) is 19.8 Å². The van der Waals surface area contributed by atoms with E-state index in [4.69, 9.17) is 14.2 Å². The van der Waals surface area contributed by atoms with Crippen LogP contribution in [0.3, 0.4) is 0 Å². The fourth-order valence-corrected chi connectivity index (χ4v) is 2.74. The third kappa shape index (κ3) is 4.80. The molecule has 0 N–H and O–H groups in total. The fraction of sp³-hybridized carbons (Fsp3) is 0.125. The van der Waals surface area contributed by atoms with E-state index in [1.807, 2.05) is 54.6 Å². The molecule has 0 atom stereocenters. The largest absolute Gasteiger partial charge is 0.497 e. The molecule has 0 unspecified atom stereocenters. The minimum absolute atomic E-state index is 0.137. The van der Waals surface area contributed by atoms with Gasteiger partial charge in [0.2, 0.25) is 0 Å². The molecule has 0 bridgehead atoms. The monoisotopic (exact) mass is 374 g/mol. The first-order valence-corrected chi connectivity index (χ1v) is 8.91. The third-order valence-corrected chi connectivity index (χ3v) is 4.24. The highest BCUT2D eigenvalue weighted by molar-refractivity contribution is 6.08. The maximum Gasteiger partial charge on any atom is 0.189 e. The predicted molar refractivity (Wildman–Crippen MR) is 110 cm³/mol. The maximum absolute atomic E-state index is 12.7. The number of allylic oxidation sites excluding steroid dienone is 1. The summed E-state index contributed by atoms with van der Waals surface area (Å²) >= 11 is 0. The predicted octanol–water partition coefficient (Wildman–Crippen LogP) is 5.18. The molecule has 142 valence electrons. The van der Waals surface area contributed by atoms with E-state index in [1.165, 1.54) is 6.08 Å². The number of hydrogen-bond acceptors (Lipinski definition) is 4. The molecule has 4 heteroatoms. The van der Waals surface area contributed by atoms with Crippen LogP contribution in [-0.4, -0.2) is 20.0 Å². The molecule has 0 aliphatic carbocycles. The Labute approximate surface area is 165 Å². The Bertz CT molecular complexity index is 961. The Kier molecular flexibility index (Phi) is 6.47. The molecule has 0 fully saturated rings. The summed E-state index contributed by atoms with van der Waals surface area (Å²) in [5, 5.41) is 0. The quantitative estimate of drug-likeness (QED) is 0.403. The third-order valence-electron chi connectivity index (χ3n) is 4.24. The second-order valence-electron chi connectivity index (χ2n) is 6.08. The van der Waals surface area contributed by atoms with Gasteiger partial charge in [-0.3, -0.25) is 4.79 Å². The Morgan fingerprint density at radius 3 is 2.36 bits per heavy atom. The van der Waals surface area contributed by atoms with Gasteiger partial charge in [0.25, 0.3) is 0 Å². The van der Waals surface area contributed by atoms with Crippen LogP contribution < -0.4 is 14.2 Å². The molecule has 0 aliphatic heterocycles. The second-order valence-corrected chi connectivity index (χ2v) is 6.08. The number of carbonyl (C=O) groups excluding carboxylic acids is 1. The Balaban J connectivity index is 1.77. The molecule has 3 aromatic carbocycles. The molecule has 28 heavy (non-hydrogen) atoms. The SMILES string of the molecule is COc1ccc(/C=C/C(=O)c2ccccc2OCc2ccccc2)c(OC)c1. The van der Waals surface area contributed by atoms with Crippen molar-refractivity contribution < 1.29 is 19.0 Å². The van der Waals surface area contributed by atoms with Crippen molar-refractivity contribution >= 4 is 11.9 Å². The average molecular weight is 374 g/mol. The van der Waals surface area contributed by atoms with Gasteiger partial charge >= 0.3 is 0 Å². The summed E-state index contributed by atoms with van der Waals surface area (Å²) in [6.07, 6.45) is 3.25. The van der Waals surface area contributed by atoms with E-state index in [9.17, 15) is 4.79 Å². The van der Waals surface area contributed by atoms with Crippen LogP contribution in [0.4, 0.5) is 0 Å². The molecule has 3 rings (SSSR count). The van der Waals surface area contributed by atoms with Crippen LogP contribution in [0.2, 0.25) is 0 Å². The highest BCUT2D eigenvalue weighted by atomic mass is 16.5. The van der Waals surface area contributed by atoms with Crippen molar-refractivity contribution in [3.05, 3.63) is 95.6 Å². The van der Waals surface area contributed by atoms with Crippen molar-refractivity contribution in [2.45, 2.75) is 6.61 Å². The van der Waals surface area contributed by atoms with E-state index in [1.54, 1.807) is 38.5 Å². The number of methoxy groups -OCH3 is 2. The Morgan fingerprint density at radius 1 is 0.857 bits per heavy atom. The minimum atomic E-state index is -0.137. The zero-order valence-electron chi connectivity index (χ0n) is 15.9. The van der Waals surface area contributed by atoms with Gasteiger partial charge in [0.1, 0.15) is 23.9 Å². The van der Waals surface area contributed by atoms with E-state index >= 15 is 0 Å². The smallest absolute Gasteiger partial charge is 0.189 e. The summed E-state index contributed by atoms with van der Waals surface area (Å²) < 4.78 is 16.4. The normalized spacial score (nSPS) is 10.6. The van der Waals surface area contributed by atoms with Crippen LogP contribution in [-0.2, 0) is 6.61 Å². The van der Waals surface area contributed by atoms with Gasteiger partial charge in [0, 0.05) is 11.6 Å². The van der Waals surface area contributed by atoms with Crippen molar-refractivity contribution in [2.75, 3.05) is 14.2 Å². The first-order valence-electron chi connectivity index (χ1n) is 8.91. The number of ether oxygens (including phenoxy) is 3. The van der Waals surface area contributed by atoms with Gasteiger partial charge < -0.3 is 14.2 Å². The van der Waals surface area contributed by atoms with E-state index in [-0.39, 0.29) is 5.78 Å². The highest BCUT2D eigenvalue weighted by Crippen LogP contribution is 2.26. The van der Waals surface area contributed by atoms with Gasteiger partial charge in [-0.15, -0.1) is 0 Å². The highest BCUT2D eigenvalue weighted by Gasteiger charge is 2.10. The first kappa shape index (κ1) is 19.2. The topological polar surface area (TPSA) is 44.8 Å². The first-order chi connectivity index (χ1) is 13.7. The molecule has 0 radical (unpaired) electrons. The summed E-state index contributed by atoms with van der Waals surface area (Å²) in [6, 6.07) is 22.5. The molecule has 0 spiro atoms. The fourth-order valence-electron chi connectivity index (χ4n) is 2.74. The average Bonchev–Trinajstić information content (AvgIpc) is 2.76. The summed E-state index contributed by atoms with van der Waals surface area (Å²) in [4.78, 5) is 12.7. The summed E-state index contributed by atoms with van der Waals surface area (Å²) in [5.74, 6) is 1.75. The van der Waals surface area contributed by atoms with Gasteiger partial charge in [0.15, 0.2) is 5.78 Å². The molecule has 4 nitrogen and oxygen atoms in total. The van der Waals surface area contributed by atoms with Crippen LogP contribution in [0.1, 0.15) is 21.5 Å². The summed E-state index contributed by atoms with van der Waals surface area (Å²) in [7, 11) is 3.18. The van der Waals surface area contributed by atoms with Crippen molar-refractivity contribution in [1.82, 2.24) is 0 Å². The van der Waals surface area contributed by atoms with Crippen molar-refractivity contribution in [2.24, 2.45) is 0 Å².